The monoisotopic (exact) mass is 338 g/mol. The normalized spacial score (nSPS) is 12.4. The van der Waals surface area contributed by atoms with Gasteiger partial charge in [0.2, 0.25) is 0 Å². The number of benzene rings is 1. The van der Waals surface area contributed by atoms with Crippen LogP contribution in [-0.2, 0) is 19.7 Å². The van der Waals surface area contributed by atoms with E-state index in [1.807, 2.05) is 0 Å². The van der Waals surface area contributed by atoms with Gasteiger partial charge in [-0.1, -0.05) is 30.3 Å². The first-order valence-corrected chi connectivity index (χ1v) is 6.58. The fraction of sp³-hybridized carbons (Fsp3) is 0. The van der Waals surface area contributed by atoms with Gasteiger partial charge in [-0.15, -0.1) is 0 Å². The molecule has 1 aromatic rings. The molecular formula is C12H11KO7S. The van der Waals surface area contributed by atoms with Crippen LogP contribution in [0.1, 0.15) is 6.99 Å². The number of aliphatic carboxylic acids is 2. The molecule has 0 bridgehead atoms. The summed E-state index contributed by atoms with van der Waals surface area (Å²) in [7, 11) is -4.90. The van der Waals surface area contributed by atoms with Gasteiger partial charge in [0.1, 0.15) is 4.91 Å². The molecule has 0 aromatic heterocycles. The van der Waals surface area contributed by atoms with E-state index in [4.69, 9.17) is 14.8 Å². The van der Waals surface area contributed by atoms with Crippen molar-refractivity contribution in [3.8, 4) is 0 Å². The summed E-state index contributed by atoms with van der Waals surface area (Å²) in [5, 5.41) is 17.5. The van der Waals surface area contributed by atoms with Crippen molar-refractivity contribution in [3.63, 3.8) is 0 Å². The summed E-state index contributed by atoms with van der Waals surface area (Å²) in [6, 6.07) is 7.70. The predicted molar refractivity (Wildman–Crippen MR) is 70.4 cm³/mol. The third-order valence-corrected chi connectivity index (χ3v) is 3.03. The number of carboxylic acids is 2. The Morgan fingerprint density at radius 1 is 1.10 bits per heavy atom. The first-order valence-electron chi connectivity index (χ1n) is 5.14. The zero-order valence-electron chi connectivity index (χ0n) is 11.9. The van der Waals surface area contributed by atoms with Gasteiger partial charge in [0.15, 0.2) is 0 Å². The van der Waals surface area contributed by atoms with Gasteiger partial charge in [-0.2, -0.15) is 8.42 Å². The average molecular weight is 338 g/mol. The van der Waals surface area contributed by atoms with Crippen LogP contribution in [0.15, 0.2) is 46.9 Å². The van der Waals surface area contributed by atoms with Gasteiger partial charge < -0.3 is 11.6 Å². The van der Waals surface area contributed by atoms with Gasteiger partial charge in [0, 0.05) is 6.08 Å². The van der Waals surface area contributed by atoms with E-state index in [0.717, 1.165) is 6.08 Å². The topological polar surface area (TPSA) is 129 Å². The van der Waals surface area contributed by atoms with Crippen LogP contribution in [0.5, 0.6) is 0 Å². The Balaban J connectivity index is 0. The van der Waals surface area contributed by atoms with Gasteiger partial charge >= 0.3 is 63.3 Å². The molecule has 0 saturated carbocycles. The van der Waals surface area contributed by atoms with Crippen LogP contribution in [0.3, 0.4) is 0 Å². The standard InChI is InChI=1S/C12H10O7S.K.H/c13-11(14)7-9(12(15)16)10(20(17,18)19)6-8-4-2-1-3-5-8;;/h1-7H,(H,13,14)(H,15,16)(H,17,18,19);;/q;+1;-1/b9-7-,10-6?;;. The molecule has 21 heavy (non-hydrogen) atoms. The molecule has 0 aliphatic carbocycles. The van der Waals surface area contributed by atoms with E-state index in [1.54, 1.807) is 18.2 Å². The van der Waals surface area contributed by atoms with Crippen LogP contribution in [0.2, 0.25) is 0 Å². The number of rotatable bonds is 5. The molecule has 0 heterocycles. The number of carboxylic acid groups (broad SMARTS) is 2. The van der Waals surface area contributed by atoms with E-state index in [-0.39, 0.29) is 64.5 Å². The minimum atomic E-state index is -4.90. The van der Waals surface area contributed by atoms with E-state index in [0.29, 0.717) is 0 Å². The Hall–Kier alpha value is -0.814. The molecule has 9 heteroatoms. The van der Waals surface area contributed by atoms with E-state index < -0.39 is 32.5 Å². The molecule has 0 aliphatic heterocycles. The zero-order chi connectivity index (χ0) is 15.3. The van der Waals surface area contributed by atoms with Crippen molar-refractivity contribution >= 4 is 28.1 Å². The second-order valence-corrected chi connectivity index (χ2v) is 4.99. The van der Waals surface area contributed by atoms with Crippen LogP contribution in [0, 0.1) is 0 Å². The first kappa shape index (κ1) is 20.2. The van der Waals surface area contributed by atoms with E-state index in [9.17, 15) is 18.0 Å². The summed E-state index contributed by atoms with van der Waals surface area (Å²) >= 11 is 0. The third-order valence-electron chi connectivity index (χ3n) is 2.14. The Labute approximate surface area is 164 Å². The summed E-state index contributed by atoms with van der Waals surface area (Å²) in [4.78, 5) is 20.5. The third kappa shape index (κ3) is 6.65. The van der Waals surface area contributed by atoms with Crippen LogP contribution in [0.4, 0.5) is 0 Å². The van der Waals surface area contributed by atoms with E-state index in [2.05, 4.69) is 0 Å². The molecule has 0 spiro atoms. The first-order chi connectivity index (χ1) is 9.21. The quantitative estimate of drug-likeness (QED) is 0.248. The Morgan fingerprint density at radius 3 is 2.00 bits per heavy atom. The van der Waals surface area contributed by atoms with Gasteiger partial charge in [-0.25, -0.2) is 9.59 Å². The molecule has 0 amide bonds. The molecule has 7 nitrogen and oxygen atoms in total. The smallest absolute Gasteiger partial charge is 1.00 e. The zero-order valence-corrected chi connectivity index (χ0v) is 14.9. The van der Waals surface area contributed by atoms with Gasteiger partial charge in [0.25, 0.3) is 10.1 Å². The molecule has 0 saturated heterocycles. The van der Waals surface area contributed by atoms with Crippen LogP contribution >= 0.6 is 0 Å². The van der Waals surface area contributed by atoms with Crippen LogP contribution < -0.4 is 51.4 Å². The number of hydrogen-bond acceptors (Lipinski definition) is 4. The minimum absolute atomic E-state index is 0. The van der Waals surface area contributed by atoms with Crippen molar-refractivity contribution in [2.24, 2.45) is 0 Å². The molecule has 108 valence electrons. The summed E-state index contributed by atoms with van der Waals surface area (Å²) < 4.78 is 31.6. The fourth-order valence-electron chi connectivity index (χ4n) is 1.35. The Kier molecular flexibility index (Phi) is 8.25. The molecule has 1 aromatic carbocycles. The van der Waals surface area contributed by atoms with E-state index >= 15 is 0 Å². The van der Waals surface area contributed by atoms with Crippen molar-refractivity contribution in [3.05, 3.63) is 52.4 Å². The Bertz CT molecular complexity index is 695. The SMILES string of the molecule is O=C(O)/C=C(\C(=O)O)C(=Cc1ccccc1)S(=O)(=O)O.[H-].[K+]. The van der Waals surface area contributed by atoms with E-state index in [1.165, 1.54) is 12.1 Å². The summed E-state index contributed by atoms with van der Waals surface area (Å²) in [5.74, 6) is -3.43. The van der Waals surface area contributed by atoms with Gasteiger partial charge in [-0.3, -0.25) is 4.55 Å². The molecular weight excluding hydrogens is 327 g/mol. The number of hydrogen-bond donors (Lipinski definition) is 3. The van der Waals surface area contributed by atoms with Crippen molar-refractivity contribution < 1.29 is 85.6 Å². The average Bonchev–Trinajstić information content (AvgIpc) is 2.33. The maximum absolute atomic E-state index is 11.3. The van der Waals surface area contributed by atoms with Crippen LogP contribution in [0.25, 0.3) is 6.08 Å². The van der Waals surface area contributed by atoms with Crippen molar-refractivity contribution in [1.29, 1.82) is 0 Å². The predicted octanol–water partition coefficient (Wildman–Crippen LogP) is -1.87. The molecule has 1 rings (SSSR count). The molecule has 0 unspecified atom stereocenters. The minimum Gasteiger partial charge on any atom is -1.00 e. The Morgan fingerprint density at radius 2 is 1.62 bits per heavy atom. The van der Waals surface area contributed by atoms with Crippen LogP contribution in [-0.4, -0.2) is 35.1 Å². The molecule has 0 atom stereocenters. The van der Waals surface area contributed by atoms with Gasteiger partial charge in [-0.05, 0) is 11.6 Å². The molecule has 0 radical (unpaired) electrons. The molecule has 0 fully saturated rings. The fourth-order valence-corrected chi connectivity index (χ4v) is 2.06. The maximum Gasteiger partial charge on any atom is 1.00 e. The van der Waals surface area contributed by atoms with Crippen molar-refractivity contribution in [1.82, 2.24) is 0 Å². The molecule has 3 N–H and O–H groups in total. The number of carbonyl (C=O) groups is 2. The second-order valence-electron chi connectivity index (χ2n) is 3.60. The van der Waals surface area contributed by atoms with Crippen molar-refractivity contribution in [2.75, 3.05) is 0 Å². The summed E-state index contributed by atoms with van der Waals surface area (Å²) in [6.07, 6.45) is 1.07. The largest absolute Gasteiger partial charge is 1.00 e. The molecule has 0 aliphatic rings. The van der Waals surface area contributed by atoms with Gasteiger partial charge in [0.05, 0.1) is 5.57 Å². The second kappa shape index (κ2) is 8.59. The van der Waals surface area contributed by atoms with Crippen molar-refractivity contribution in [2.45, 2.75) is 0 Å². The maximum atomic E-state index is 11.3. The summed E-state index contributed by atoms with van der Waals surface area (Å²) in [6.45, 7) is 0. The summed E-state index contributed by atoms with van der Waals surface area (Å²) in [5.41, 5.74) is -0.749.